The highest BCUT2D eigenvalue weighted by molar-refractivity contribution is 9.10. The molecule has 3 rings (SSSR count). The molecule has 32 heavy (non-hydrogen) atoms. The highest BCUT2D eigenvalue weighted by Gasteiger charge is 2.31. The van der Waals surface area contributed by atoms with Gasteiger partial charge in [-0.25, -0.2) is 14.8 Å². The van der Waals surface area contributed by atoms with Crippen LogP contribution in [0.5, 0.6) is 0 Å². The number of carbonyl (C=O) groups excluding carboxylic acids is 3. The summed E-state index contributed by atoms with van der Waals surface area (Å²) in [5.41, 5.74) is 2.52. The molecular weight excluding hydrogens is 500 g/mol. The molecule has 0 fully saturated rings. The third-order valence-corrected chi connectivity index (χ3v) is 6.05. The fourth-order valence-corrected chi connectivity index (χ4v) is 4.49. The Balaban J connectivity index is 1.83. The first-order valence-corrected chi connectivity index (χ1v) is 11.9. The van der Waals surface area contributed by atoms with Crippen molar-refractivity contribution < 1.29 is 19.1 Å². The van der Waals surface area contributed by atoms with Gasteiger partial charge < -0.3 is 24.8 Å². The van der Waals surface area contributed by atoms with Gasteiger partial charge in [-0.3, -0.25) is 9.59 Å². The third-order valence-electron chi connectivity index (χ3n) is 4.81. The van der Waals surface area contributed by atoms with Crippen molar-refractivity contribution in [3.05, 3.63) is 32.7 Å². The maximum absolute atomic E-state index is 13.2. The number of ether oxygens (including phenoxy) is 1. The Morgan fingerprint density at radius 1 is 1.31 bits per heavy atom. The van der Waals surface area contributed by atoms with Gasteiger partial charge in [0.25, 0.3) is 5.91 Å². The zero-order valence-corrected chi connectivity index (χ0v) is 20.9. The van der Waals surface area contributed by atoms with E-state index in [0.717, 1.165) is 0 Å². The predicted molar refractivity (Wildman–Crippen MR) is 122 cm³/mol. The fourth-order valence-electron chi connectivity index (χ4n) is 3.35. The maximum Gasteiger partial charge on any atom is 0.410 e. The standard InChI is InChI=1S/C20H27BrN6O4S/c1-20(2,3)31-19(30)26-6-5-7-27-14(9-26)15(25-18(27)21)17(29)24-13(16(28)22-4)8-12-10-32-11-23-12/h10-11,13H,5-9H2,1-4H3,(H,22,28)(H,24,29)/t13-/m0/s1. The Labute approximate surface area is 198 Å². The highest BCUT2D eigenvalue weighted by atomic mass is 79.9. The molecule has 1 aliphatic heterocycles. The normalized spacial score (nSPS) is 14.8. The van der Waals surface area contributed by atoms with Crippen molar-refractivity contribution in [2.24, 2.45) is 0 Å². The van der Waals surface area contributed by atoms with Crippen molar-refractivity contribution in [3.8, 4) is 0 Å². The van der Waals surface area contributed by atoms with Gasteiger partial charge in [-0.2, -0.15) is 0 Å². The van der Waals surface area contributed by atoms with E-state index in [0.29, 0.717) is 35.6 Å². The molecule has 0 saturated carbocycles. The van der Waals surface area contributed by atoms with Crippen molar-refractivity contribution in [1.29, 1.82) is 0 Å². The quantitative estimate of drug-likeness (QED) is 0.617. The molecule has 2 aromatic heterocycles. The van der Waals surface area contributed by atoms with Gasteiger partial charge in [-0.15, -0.1) is 11.3 Å². The summed E-state index contributed by atoms with van der Waals surface area (Å²) >= 11 is 4.84. The number of thiazole rings is 1. The minimum Gasteiger partial charge on any atom is -0.444 e. The molecule has 3 amide bonds. The van der Waals surface area contributed by atoms with Gasteiger partial charge in [0, 0.05) is 31.9 Å². The average molecular weight is 527 g/mol. The Morgan fingerprint density at radius 2 is 2.06 bits per heavy atom. The summed E-state index contributed by atoms with van der Waals surface area (Å²) < 4.78 is 7.88. The van der Waals surface area contributed by atoms with Crippen molar-refractivity contribution in [2.45, 2.75) is 58.3 Å². The van der Waals surface area contributed by atoms with Crippen LogP contribution in [0.2, 0.25) is 0 Å². The monoisotopic (exact) mass is 526 g/mol. The second-order valence-corrected chi connectivity index (χ2v) is 9.84. The zero-order valence-electron chi connectivity index (χ0n) is 18.5. The maximum atomic E-state index is 13.2. The van der Waals surface area contributed by atoms with Crippen LogP contribution in [0.15, 0.2) is 15.6 Å². The van der Waals surface area contributed by atoms with E-state index in [4.69, 9.17) is 4.74 Å². The Bertz CT molecular complexity index is 985. The number of nitrogens with one attached hydrogen (secondary N) is 2. The molecule has 2 aromatic rings. The first-order chi connectivity index (χ1) is 15.1. The Kier molecular flexibility index (Phi) is 7.55. The first kappa shape index (κ1) is 24.2. The first-order valence-electron chi connectivity index (χ1n) is 10.2. The van der Waals surface area contributed by atoms with Gasteiger partial charge in [-0.05, 0) is 43.1 Å². The van der Waals surface area contributed by atoms with E-state index < -0.39 is 23.6 Å². The predicted octanol–water partition coefficient (Wildman–Crippen LogP) is 2.33. The summed E-state index contributed by atoms with van der Waals surface area (Å²) in [6, 6.07) is -0.807. The molecule has 1 atom stereocenters. The summed E-state index contributed by atoms with van der Waals surface area (Å²) in [7, 11) is 1.51. The molecule has 0 saturated heterocycles. The van der Waals surface area contributed by atoms with Crippen LogP contribution in [0.3, 0.4) is 0 Å². The lowest BCUT2D eigenvalue weighted by atomic mass is 10.1. The number of imidazole rings is 1. The van der Waals surface area contributed by atoms with E-state index in [1.165, 1.54) is 18.4 Å². The van der Waals surface area contributed by atoms with Gasteiger partial charge in [0.15, 0.2) is 10.4 Å². The molecule has 2 N–H and O–H groups in total. The minimum atomic E-state index is -0.807. The van der Waals surface area contributed by atoms with Gasteiger partial charge in [0.1, 0.15) is 11.6 Å². The van der Waals surface area contributed by atoms with Crippen LogP contribution in [0, 0.1) is 0 Å². The molecule has 12 heteroatoms. The zero-order chi connectivity index (χ0) is 23.5. The summed E-state index contributed by atoms with van der Waals surface area (Å²) in [6.45, 7) is 6.69. The van der Waals surface area contributed by atoms with E-state index in [2.05, 4.69) is 36.5 Å². The lowest BCUT2D eigenvalue weighted by Gasteiger charge is -2.26. The van der Waals surface area contributed by atoms with Gasteiger partial charge in [0.2, 0.25) is 5.91 Å². The van der Waals surface area contributed by atoms with Crippen molar-refractivity contribution >= 4 is 45.2 Å². The van der Waals surface area contributed by atoms with Crippen molar-refractivity contribution in [3.63, 3.8) is 0 Å². The molecule has 0 aliphatic carbocycles. The van der Waals surface area contributed by atoms with Crippen LogP contribution in [-0.2, 0) is 29.0 Å². The number of amides is 3. The third kappa shape index (κ3) is 5.85. The number of carbonyl (C=O) groups is 3. The van der Waals surface area contributed by atoms with Gasteiger partial charge >= 0.3 is 6.09 Å². The number of halogens is 1. The largest absolute Gasteiger partial charge is 0.444 e. The second kappa shape index (κ2) is 9.99. The van der Waals surface area contributed by atoms with Crippen LogP contribution in [0.1, 0.15) is 49.1 Å². The molecular formula is C20H27BrN6O4S. The van der Waals surface area contributed by atoms with E-state index in [9.17, 15) is 14.4 Å². The number of likely N-dealkylation sites (N-methyl/N-ethyl adjacent to an activating group) is 1. The van der Waals surface area contributed by atoms with Gasteiger partial charge in [0.05, 0.1) is 23.4 Å². The van der Waals surface area contributed by atoms with Crippen LogP contribution in [0.4, 0.5) is 4.79 Å². The minimum absolute atomic E-state index is 0.166. The molecule has 0 spiro atoms. The van der Waals surface area contributed by atoms with Crippen molar-refractivity contribution in [1.82, 2.24) is 30.1 Å². The molecule has 0 radical (unpaired) electrons. The van der Waals surface area contributed by atoms with E-state index in [1.807, 2.05) is 30.7 Å². The summed E-state index contributed by atoms with van der Waals surface area (Å²) in [5, 5.41) is 7.18. The number of fused-ring (bicyclic) bond motifs is 1. The molecule has 10 nitrogen and oxygen atoms in total. The lowest BCUT2D eigenvalue weighted by molar-refractivity contribution is -0.122. The molecule has 3 heterocycles. The van der Waals surface area contributed by atoms with Crippen LogP contribution in [-0.4, -0.2) is 62.6 Å². The average Bonchev–Trinajstić information content (AvgIpc) is 3.26. The number of hydrogen-bond donors (Lipinski definition) is 2. The fraction of sp³-hybridized carbons (Fsp3) is 0.550. The molecule has 174 valence electrons. The van der Waals surface area contributed by atoms with Crippen LogP contribution < -0.4 is 10.6 Å². The van der Waals surface area contributed by atoms with E-state index in [-0.39, 0.29) is 24.6 Å². The van der Waals surface area contributed by atoms with E-state index in [1.54, 1.807) is 10.4 Å². The summed E-state index contributed by atoms with van der Waals surface area (Å²) in [5.74, 6) is -0.819. The summed E-state index contributed by atoms with van der Waals surface area (Å²) in [4.78, 5) is 48.3. The van der Waals surface area contributed by atoms with Crippen LogP contribution >= 0.6 is 27.3 Å². The number of hydrogen-bond acceptors (Lipinski definition) is 7. The molecule has 1 aliphatic rings. The Morgan fingerprint density at radius 3 is 2.69 bits per heavy atom. The second-order valence-electron chi connectivity index (χ2n) is 8.41. The molecule has 0 aromatic carbocycles. The number of nitrogens with zero attached hydrogens (tertiary/aromatic N) is 4. The Hall–Kier alpha value is -2.47. The molecule has 0 bridgehead atoms. The highest BCUT2D eigenvalue weighted by Crippen LogP contribution is 2.24. The van der Waals surface area contributed by atoms with Crippen molar-refractivity contribution in [2.75, 3.05) is 13.6 Å². The molecule has 0 unspecified atom stereocenters. The SMILES string of the molecule is CNC(=O)[C@H](Cc1cscn1)NC(=O)c1nc(Br)n2c1CN(C(=O)OC(C)(C)C)CCC2. The van der Waals surface area contributed by atoms with E-state index >= 15 is 0 Å². The number of rotatable bonds is 5. The summed E-state index contributed by atoms with van der Waals surface area (Å²) in [6.07, 6.45) is 0.504. The number of aromatic nitrogens is 3. The van der Waals surface area contributed by atoms with Crippen LogP contribution in [0.25, 0.3) is 0 Å². The smallest absolute Gasteiger partial charge is 0.410 e. The van der Waals surface area contributed by atoms with Gasteiger partial charge in [-0.1, -0.05) is 0 Å². The lowest BCUT2D eigenvalue weighted by Crippen LogP contribution is -2.47. The topological polar surface area (TPSA) is 118 Å².